The van der Waals surface area contributed by atoms with Crippen LogP contribution in [-0.2, 0) is 6.18 Å². The first-order valence-corrected chi connectivity index (χ1v) is 7.97. The standard InChI is InChI=1S/C17H16F3N5/c18-17(19,20)14-10-15(25(9-3-7-21)11-12-5-6-12)24-16(23-14)13-4-1-2-8-22-13/h1-2,4,8,10,12H,3,5-6,9,11H2. The van der Waals surface area contributed by atoms with Gasteiger partial charge in [-0.3, -0.25) is 4.98 Å². The second-order valence-electron chi connectivity index (χ2n) is 5.95. The third-order valence-electron chi connectivity index (χ3n) is 3.89. The smallest absolute Gasteiger partial charge is 0.355 e. The van der Waals surface area contributed by atoms with E-state index in [0.29, 0.717) is 19.0 Å². The predicted molar refractivity (Wildman–Crippen MR) is 85.4 cm³/mol. The quantitative estimate of drug-likeness (QED) is 0.797. The van der Waals surface area contributed by atoms with Crippen LogP contribution in [0, 0.1) is 17.2 Å². The Bertz CT molecular complexity index is 766. The van der Waals surface area contributed by atoms with Gasteiger partial charge in [-0.25, -0.2) is 9.97 Å². The minimum Gasteiger partial charge on any atom is -0.355 e. The van der Waals surface area contributed by atoms with E-state index in [1.807, 2.05) is 6.07 Å². The van der Waals surface area contributed by atoms with Crippen molar-refractivity contribution in [1.29, 1.82) is 5.26 Å². The molecule has 0 amide bonds. The summed E-state index contributed by atoms with van der Waals surface area (Å²) in [6.45, 7) is 0.931. The van der Waals surface area contributed by atoms with Gasteiger partial charge in [-0.05, 0) is 30.9 Å². The number of nitrogens with zero attached hydrogens (tertiary/aromatic N) is 5. The molecule has 1 aliphatic carbocycles. The maximum absolute atomic E-state index is 13.3. The third-order valence-corrected chi connectivity index (χ3v) is 3.89. The lowest BCUT2D eigenvalue weighted by molar-refractivity contribution is -0.141. The van der Waals surface area contributed by atoms with Gasteiger partial charge in [0.05, 0.1) is 12.5 Å². The molecule has 1 aliphatic rings. The Morgan fingerprint density at radius 3 is 2.64 bits per heavy atom. The van der Waals surface area contributed by atoms with Crippen molar-refractivity contribution < 1.29 is 13.2 Å². The molecular weight excluding hydrogens is 331 g/mol. The summed E-state index contributed by atoms with van der Waals surface area (Å²) in [5.41, 5.74) is -0.725. The minimum atomic E-state index is -4.58. The number of halogens is 3. The van der Waals surface area contributed by atoms with Gasteiger partial charge in [-0.1, -0.05) is 6.07 Å². The number of anilines is 1. The molecule has 25 heavy (non-hydrogen) atoms. The van der Waals surface area contributed by atoms with Gasteiger partial charge in [0.15, 0.2) is 11.5 Å². The highest BCUT2D eigenvalue weighted by atomic mass is 19.4. The Balaban J connectivity index is 2.02. The van der Waals surface area contributed by atoms with E-state index in [9.17, 15) is 13.2 Å². The summed E-state index contributed by atoms with van der Waals surface area (Å²) in [5.74, 6) is 0.564. The Kier molecular flexibility index (Phi) is 4.83. The van der Waals surface area contributed by atoms with Crippen LogP contribution < -0.4 is 4.90 Å². The molecule has 2 heterocycles. The Hall–Kier alpha value is -2.69. The van der Waals surface area contributed by atoms with Crippen molar-refractivity contribution in [3.63, 3.8) is 0 Å². The molecule has 0 aliphatic heterocycles. The van der Waals surface area contributed by atoms with Crippen LogP contribution >= 0.6 is 0 Å². The SMILES string of the molecule is N#CCCN(CC1CC1)c1cc(C(F)(F)F)nc(-c2ccccn2)n1. The van der Waals surface area contributed by atoms with E-state index in [4.69, 9.17) is 5.26 Å². The summed E-state index contributed by atoms with van der Waals surface area (Å²) in [6.07, 6.45) is -0.782. The molecule has 2 aromatic heterocycles. The highest BCUT2D eigenvalue weighted by Gasteiger charge is 2.35. The number of nitriles is 1. The molecular formula is C17H16F3N5. The fraction of sp³-hybridized carbons (Fsp3) is 0.412. The van der Waals surface area contributed by atoms with Crippen LogP contribution in [0.1, 0.15) is 25.0 Å². The second kappa shape index (κ2) is 7.05. The minimum absolute atomic E-state index is 0.0665. The zero-order chi connectivity index (χ0) is 17.9. The van der Waals surface area contributed by atoms with Gasteiger partial charge < -0.3 is 4.90 Å². The molecule has 0 aromatic carbocycles. The molecule has 0 bridgehead atoms. The molecule has 0 saturated heterocycles. The normalized spacial score (nSPS) is 14.2. The molecule has 8 heteroatoms. The predicted octanol–water partition coefficient (Wildman–Crippen LogP) is 3.69. The monoisotopic (exact) mass is 347 g/mol. The lowest BCUT2D eigenvalue weighted by atomic mass is 10.2. The molecule has 3 rings (SSSR count). The fourth-order valence-electron chi connectivity index (χ4n) is 2.45. The van der Waals surface area contributed by atoms with E-state index in [0.717, 1.165) is 18.9 Å². The molecule has 0 unspecified atom stereocenters. The Morgan fingerprint density at radius 2 is 2.04 bits per heavy atom. The lowest BCUT2D eigenvalue weighted by Gasteiger charge is -2.23. The molecule has 2 aromatic rings. The van der Waals surface area contributed by atoms with Crippen LogP contribution in [0.2, 0.25) is 0 Å². The summed E-state index contributed by atoms with van der Waals surface area (Å²) < 4.78 is 39.8. The van der Waals surface area contributed by atoms with Crippen LogP contribution in [0.3, 0.4) is 0 Å². The van der Waals surface area contributed by atoms with Crippen molar-refractivity contribution in [2.24, 2.45) is 5.92 Å². The van der Waals surface area contributed by atoms with Gasteiger partial charge in [0, 0.05) is 25.4 Å². The number of hydrogen-bond acceptors (Lipinski definition) is 5. The first-order chi connectivity index (χ1) is 12.0. The van der Waals surface area contributed by atoms with Crippen LogP contribution in [0.4, 0.5) is 19.0 Å². The zero-order valence-electron chi connectivity index (χ0n) is 13.4. The Labute approximate surface area is 143 Å². The molecule has 1 fully saturated rings. The maximum atomic E-state index is 13.3. The molecule has 0 N–H and O–H groups in total. The molecule has 0 atom stereocenters. The summed E-state index contributed by atoms with van der Waals surface area (Å²) in [6, 6.07) is 7.89. The maximum Gasteiger partial charge on any atom is 0.433 e. The second-order valence-corrected chi connectivity index (χ2v) is 5.95. The zero-order valence-corrected chi connectivity index (χ0v) is 13.4. The number of aromatic nitrogens is 3. The summed E-state index contributed by atoms with van der Waals surface area (Å²) in [4.78, 5) is 13.7. The van der Waals surface area contributed by atoms with Gasteiger partial charge in [-0.15, -0.1) is 0 Å². The largest absolute Gasteiger partial charge is 0.433 e. The van der Waals surface area contributed by atoms with Crippen molar-refractivity contribution in [1.82, 2.24) is 15.0 Å². The molecule has 0 spiro atoms. The molecule has 130 valence electrons. The number of rotatable bonds is 6. The van der Waals surface area contributed by atoms with E-state index in [2.05, 4.69) is 15.0 Å². The van der Waals surface area contributed by atoms with E-state index in [1.54, 1.807) is 23.1 Å². The van der Waals surface area contributed by atoms with E-state index >= 15 is 0 Å². The average molecular weight is 347 g/mol. The first kappa shape index (κ1) is 17.1. The molecule has 5 nitrogen and oxygen atoms in total. The van der Waals surface area contributed by atoms with Gasteiger partial charge in [0.25, 0.3) is 0 Å². The lowest BCUT2D eigenvalue weighted by Crippen LogP contribution is -2.28. The number of pyridine rings is 1. The summed E-state index contributed by atoms with van der Waals surface area (Å²) in [7, 11) is 0. The van der Waals surface area contributed by atoms with E-state index in [1.165, 1.54) is 6.20 Å². The number of alkyl halides is 3. The first-order valence-electron chi connectivity index (χ1n) is 7.97. The van der Waals surface area contributed by atoms with E-state index < -0.39 is 11.9 Å². The summed E-state index contributed by atoms with van der Waals surface area (Å²) >= 11 is 0. The molecule has 0 radical (unpaired) electrons. The van der Waals surface area contributed by atoms with Crippen molar-refractivity contribution in [3.8, 4) is 17.6 Å². The van der Waals surface area contributed by atoms with Gasteiger partial charge in [0.1, 0.15) is 11.5 Å². The van der Waals surface area contributed by atoms with Crippen molar-refractivity contribution in [2.45, 2.75) is 25.4 Å². The third kappa shape index (κ3) is 4.44. The van der Waals surface area contributed by atoms with Gasteiger partial charge in [0.2, 0.25) is 0 Å². The van der Waals surface area contributed by atoms with Crippen LogP contribution in [0.5, 0.6) is 0 Å². The number of hydrogen-bond donors (Lipinski definition) is 0. The van der Waals surface area contributed by atoms with Crippen molar-refractivity contribution >= 4 is 5.82 Å². The average Bonchev–Trinajstić information content (AvgIpc) is 3.42. The van der Waals surface area contributed by atoms with Crippen LogP contribution in [-0.4, -0.2) is 28.0 Å². The van der Waals surface area contributed by atoms with Crippen molar-refractivity contribution in [3.05, 3.63) is 36.2 Å². The fourth-order valence-corrected chi connectivity index (χ4v) is 2.45. The van der Waals surface area contributed by atoms with Gasteiger partial charge >= 0.3 is 6.18 Å². The highest BCUT2D eigenvalue weighted by molar-refractivity contribution is 5.54. The van der Waals surface area contributed by atoms with Gasteiger partial charge in [-0.2, -0.15) is 18.4 Å². The van der Waals surface area contributed by atoms with Crippen LogP contribution in [0.15, 0.2) is 30.5 Å². The van der Waals surface area contributed by atoms with E-state index in [-0.39, 0.29) is 23.8 Å². The summed E-state index contributed by atoms with van der Waals surface area (Å²) in [5, 5.41) is 8.83. The Morgan fingerprint density at radius 1 is 1.24 bits per heavy atom. The topological polar surface area (TPSA) is 65.7 Å². The van der Waals surface area contributed by atoms with Crippen molar-refractivity contribution in [2.75, 3.05) is 18.0 Å². The van der Waals surface area contributed by atoms with Crippen LogP contribution in [0.25, 0.3) is 11.5 Å². The highest BCUT2D eigenvalue weighted by Crippen LogP contribution is 2.34. The molecule has 1 saturated carbocycles.